The fourth-order valence-electron chi connectivity index (χ4n) is 7.25. The third kappa shape index (κ3) is 8.24. The van der Waals surface area contributed by atoms with Crippen LogP contribution in [0.2, 0.25) is 0 Å². The van der Waals surface area contributed by atoms with Gasteiger partial charge in [0.05, 0.1) is 25.2 Å². The van der Waals surface area contributed by atoms with E-state index in [0.29, 0.717) is 17.7 Å². The summed E-state index contributed by atoms with van der Waals surface area (Å²) in [6.07, 6.45) is 9.25. The number of carbonyl (C=O) groups excluding carboxylic acids is 3. The number of nitrogens with zero attached hydrogens (tertiary/aromatic N) is 2. The molecule has 0 spiro atoms. The van der Waals surface area contributed by atoms with Gasteiger partial charge in [-0.3, -0.25) is 9.59 Å². The average molecular weight is 685 g/mol. The first-order valence-electron chi connectivity index (χ1n) is 16.7. The maximum Gasteiger partial charge on any atom is 0.331 e. The van der Waals surface area contributed by atoms with Crippen molar-refractivity contribution in [2.24, 2.45) is 30.7 Å². The first kappa shape index (κ1) is 36.7. The predicted molar refractivity (Wildman–Crippen MR) is 175 cm³/mol. The molecule has 0 aromatic carbocycles. The van der Waals surface area contributed by atoms with Gasteiger partial charge in [-0.05, 0) is 68.6 Å². The highest BCUT2D eigenvalue weighted by Crippen LogP contribution is 2.49. The molecule has 13 heteroatoms. The maximum absolute atomic E-state index is 13.2. The van der Waals surface area contributed by atoms with Crippen LogP contribution >= 0.6 is 0 Å². The molecule has 1 aromatic heterocycles. The lowest BCUT2D eigenvalue weighted by Crippen LogP contribution is -2.56. The standard InChI is InChI=1S/C36H48N2O11/c1-20(2)26-10-8-21(3)27-15-30(48-31(41)11-9-25-16-38(7)19-37-25)35(6)12-13-36(43,49-35)24(14-28(26)27)17-44-34-33(47-23(5)40)32(42)29(18-45-34)46-22(4)39/h8-9,11-14,16,19-20,26-30,32-34,42-43H,10,15,17-18H2,1-7H3/b11-9+,24-14-/t26-,27+,28-,29-,30+,32-,33+,34-,35?,36?/m1/s1. The Kier molecular flexibility index (Phi) is 11.0. The number of hydrogen-bond acceptors (Lipinski definition) is 12. The highest BCUT2D eigenvalue weighted by Gasteiger charge is 2.53. The van der Waals surface area contributed by atoms with Gasteiger partial charge in [0.1, 0.15) is 17.8 Å². The van der Waals surface area contributed by atoms with E-state index >= 15 is 0 Å². The number of esters is 3. The normalized spacial score (nSPS) is 36.9. The summed E-state index contributed by atoms with van der Waals surface area (Å²) in [5.41, 5.74) is 0.924. The Morgan fingerprint density at radius 3 is 2.55 bits per heavy atom. The SMILES string of the molecule is CC(=O)O[C@@H]1[C@H](OC/C2=C/[C@@H]3[C@@H](C(C)C)CC=C(C)[C@@H]3C[C@H](OC(=O)/C=C/c3cn(C)cn3)C3(C)C=CC2(O)O3)OC[C@@H](OC(C)=O)[C@H]1O. The molecule has 10 atom stereocenters. The smallest absolute Gasteiger partial charge is 0.331 e. The zero-order valence-corrected chi connectivity index (χ0v) is 29.1. The van der Waals surface area contributed by atoms with Crippen molar-refractivity contribution in [2.45, 2.75) is 96.5 Å². The summed E-state index contributed by atoms with van der Waals surface area (Å²) in [5, 5.41) is 23.1. The van der Waals surface area contributed by atoms with E-state index in [9.17, 15) is 24.6 Å². The molecular formula is C36H48N2O11. The van der Waals surface area contributed by atoms with E-state index in [2.05, 4.69) is 31.8 Å². The first-order chi connectivity index (χ1) is 23.1. The number of allylic oxidation sites excluding steroid dienone is 3. The second-order valence-electron chi connectivity index (χ2n) is 14.0. The van der Waals surface area contributed by atoms with Gasteiger partial charge >= 0.3 is 17.9 Å². The van der Waals surface area contributed by atoms with Crippen LogP contribution in [0.5, 0.6) is 0 Å². The van der Waals surface area contributed by atoms with E-state index in [1.54, 1.807) is 36.2 Å². The van der Waals surface area contributed by atoms with Crippen LogP contribution in [0.3, 0.4) is 0 Å². The van der Waals surface area contributed by atoms with Gasteiger partial charge in [0.2, 0.25) is 5.79 Å². The quantitative estimate of drug-likeness (QED) is 0.169. The Balaban J connectivity index is 1.45. The van der Waals surface area contributed by atoms with E-state index in [1.807, 2.05) is 13.1 Å². The number of ether oxygens (including phenoxy) is 6. The summed E-state index contributed by atoms with van der Waals surface area (Å²) in [7, 11) is 1.84. The first-order valence-corrected chi connectivity index (χ1v) is 16.7. The van der Waals surface area contributed by atoms with Crippen molar-refractivity contribution < 1.29 is 53.0 Å². The Bertz CT molecular complexity index is 1530. The predicted octanol–water partition coefficient (Wildman–Crippen LogP) is 3.16. The monoisotopic (exact) mass is 684 g/mol. The average Bonchev–Trinajstić information content (AvgIpc) is 3.60. The van der Waals surface area contributed by atoms with Gasteiger partial charge in [-0.2, -0.15) is 0 Å². The van der Waals surface area contributed by atoms with Crippen LogP contribution in [-0.2, 0) is 49.9 Å². The molecular weight excluding hydrogens is 636 g/mol. The van der Waals surface area contributed by atoms with Crippen LogP contribution in [-0.4, -0.2) is 93.0 Å². The topological polar surface area (TPSA) is 165 Å². The molecule has 4 heterocycles. The van der Waals surface area contributed by atoms with Crippen LogP contribution in [0, 0.1) is 23.7 Å². The Morgan fingerprint density at radius 1 is 1.16 bits per heavy atom. The zero-order valence-electron chi connectivity index (χ0n) is 29.1. The molecule has 2 N–H and O–H groups in total. The van der Waals surface area contributed by atoms with Crippen LogP contribution in [0.25, 0.3) is 6.08 Å². The molecule has 4 aliphatic rings. The third-order valence-electron chi connectivity index (χ3n) is 9.90. The van der Waals surface area contributed by atoms with Gasteiger partial charge in [0.25, 0.3) is 0 Å². The van der Waals surface area contributed by atoms with Crippen LogP contribution in [0.1, 0.15) is 60.1 Å². The van der Waals surface area contributed by atoms with Crippen molar-refractivity contribution in [3.05, 3.63) is 59.7 Å². The minimum absolute atomic E-state index is 0.0588. The molecule has 5 rings (SSSR count). The fourth-order valence-corrected chi connectivity index (χ4v) is 7.25. The molecule has 0 saturated carbocycles. The summed E-state index contributed by atoms with van der Waals surface area (Å²) in [6, 6.07) is 0. The van der Waals surface area contributed by atoms with Gasteiger partial charge < -0.3 is 43.2 Å². The zero-order chi connectivity index (χ0) is 35.7. The van der Waals surface area contributed by atoms with Crippen molar-refractivity contribution in [3.63, 3.8) is 0 Å². The summed E-state index contributed by atoms with van der Waals surface area (Å²) >= 11 is 0. The number of aliphatic hydroxyl groups is 2. The molecule has 49 heavy (non-hydrogen) atoms. The summed E-state index contributed by atoms with van der Waals surface area (Å²) < 4.78 is 36.8. The highest BCUT2D eigenvalue weighted by molar-refractivity contribution is 5.86. The van der Waals surface area contributed by atoms with Gasteiger partial charge in [0.15, 0.2) is 18.5 Å². The maximum atomic E-state index is 13.2. The second kappa shape index (κ2) is 14.7. The Labute approximate surface area is 286 Å². The van der Waals surface area contributed by atoms with Gasteiger partial charge in [-0.1, -0.05) is 31.6 Å². The third-order valence-corrected chi connectivity index (χ3v) is 9.90. The second-order valence-corrected chi connectivity index (χ2v) is 14.0. The number of hydrogen-bond donors (Lipinski definition) is 2. The van der Waals surface area contributed by atoms with Gasteiger partial charge in [0, 0.05) is 38.7 Å². The number of aliphatic hydroxyl groups excluding tert-OH is 1. The van der Waals surface area contributed by atoms with Crippen LogP contribution < -0.4 is 0 Å². The van der Waals surface area contributed by atoms with E-state index in [4.69, 9.17) is 28.4 Å². The molecule has 1 saturated heterocycles. The summed E-state index contributed by atoms with van der Waals surface area (Å²) in [4.78, 5) is 41.0. The number of rotatable bonds is 9. The molecule has 2 bridgehead atoms. The lowest BCUT2D eigenvalue weighted by Gasteiger charge is -2.41. The van der Waals surface area contributed by atoms with Gasteiger partial charge in [-0.25, -0.2) is 9.78 Å². The highest BCUT2D eigenvalue weighted by atomic mass is 16.7. The molecule has 1 aromatic rings. The van der Waals surface area contributed by atoms with E-state index in [0.717, 1.165) is 12.0 Å². The Morgan fingerprint density at radius 2 is 1.90 bits per heavy atom. The van der Waals surface area contributed by atoms with Crippen LogP contribution in [0.4, 0.5) is 0 Å². The molecule has 0 radical (unpaired) electrons. The van der Waals surface area contributed by atoms with Crippen LogP contribution in [0.15, 0.2) is 54.1 Å². The molecule has 1 aliphatic carbocycles. The van der Waals surface area contributed by atoms with E-state index in [-0.39, 0.29) is 36.9 Å². The fraction of sp³-hybridized carbons (Fsp3) is 0.611. The van der Waals surface area contributed by atoms with Crippen molar-refractivity contribution in [2.75, 3.05) is 13.2 Å². The van der Waals surface area contributed by atoms with Crippen molar-refractivity contribution in [1.82, 2.24) is 9.55 Å². The molecule has 13 nitrogen and oxygen atoms in total. The summed E-state index contributed by atoms with van der Waals surface area (Å²) in [5.74, 6) is -3.51. The largest absolute Gasteiger partial charge is 0.457 e. The van der Waals surface area contributed by atoms with Crippen molar-refractivity contribution in [3.8, 4) is 0 Å². The number of carbonyl (C=O) groups is 3. The summed E-state index contributed by atoms with van der Waals surface area (Å²) in [6.45, 7) is 10.1. The number of aryl methyl sites for hydroxylation is 1. The molecule has 0 amide bonds. The molecule has 3 aliphatic heterocycles. The lowest BCUT2D eigenvalue weighted by molar-refractivity contribution is -0.278. The minimum Gasteiger partial charge on any atom is -0.457 e. The number of imidazole rings is 1. The number of aromatic nitrogens is 2. The Hall–Kier alpha value is -3.62. The van der Waals surface area contributed by atoms with E-state index < -0.39 is 60.0 Å². The van der Waals surface area contributed by atoms with E-state index in [1.165, 1.54) is 26.0 Å². The lowest BCUT2D eigenvalue weighted by atomic mass is 9.65. The number of fused-ring (bicyclic) bond motifs is 3. The molecule has 1 fully saturated rings. The van der Waals surface area contributed by atoms with Crippen molar-refractivity contribution in [1.29, 1.82) is 0 Å². The molecule has 2 unspecified atom stereocenters. The van der Waals surface area contributed by atoms with Crippen molar-refractivity contribution >= 4 is 24.0 Å². The minimum atomic E-state index is -1.95. The molecule has 268 valence electrons. The van der Waals surface area contributed by atoms with Gasteiger partial charge in [-0.15, -0.1) is 0 Å².